The van der Waals surface area contributed by atoms with E-state index >= 15 is 0 Å². The molecule has 0 aliphatic rings. The van der Waals surface area contributed by atoms with Gasteiger partial charge >= 0.3 is 0 Å². The molecule has 2 N–H and O–H groups in total. The van der Waals surface area contributed by atoms with Gasteiger partial charge in [0.15, 0.2) is 0 Å². The lowest BCUT2D eigenvalue weighted by Gasteiger charge is -2.20. The van der Waals surface area contributed by atoms with E-state index in [-0.39, 0.29) is 11.8 Å². The Morgan fingerprint density at radius 3 is 1.48 bits per heavy atom. The molecule has 5 heteroatoms. The van der Waals surface area contributed by atoms with Crippen molar-refractivity contribution < 1.29 is 9.59 Å². The van der Waals surface area contributed by atoms with Gasteiger partial charge in [0.1, 0.15) is 0 Å². The second-order valence-corrected chi connectivity index (χ2v) is 7.44. The van der Waals surface area contributed by atoms with E-state index in [1.54, 1.807) is 0 Å². The normalized spacial score (nSPS) is 11.6. The molecule has 5 nitrogen and oxygen atoms in total. The average molecular weight is 408 g/mol. The summed E-state index contributed by atoms with van der Waals surface area (Å²) in [5, 5.41) is 6.01. The fraction of sp³-hybridized carbons (Fsp3) is 0.750. The van der Waals surface area contributed by atoms with Crippen molar-refractivity contribution in [1.82, 2.24) is 15.5 Å². The molecule has 0 aromatic carbocycles. The van der Waals surface area contributed by atoms with Gasteiger partial charge in [0.2, 0.25) is 11.8 Å². The van der Waals surface area contributed by atoms with Crippen molar-refractivity contribution in [3.05, 3.63) is 24.3 Å². The molecule has 2 amide bonds. The highest BCUT2D eigenvalue weighted by molar-refractivity contribution is 5.76. The molecule has 0 radical (unpaired) electrons. The molecule has 0 bridgehead atoms. The monoisotopic (exact) mass is 407 g/mol. The van der Waals surface area contributed by atoms with Crippen molar-refractivity contribution >= 4 is 11.8 Å². The maximum Gasteiger partial charge on any atom is 0.220 e. The van der Waals surface area contributed by atoms with E-state index in [4.69, 9.17) is 0 Å². The van der Waals surface area contributed by atoms with Crippen molar-refractivity contribution in [2.24, 2.45) is 0 Å². The number of rotatable bonds is 19. The van der Waals surface area contributed by atoms with Crippen LogP contribution in [0.1, 0.15) is 85.0 Å². The number of unbranched alkanes of at least 4 members (excludes halogenated alkanes) is 2. The Morgan fingerprint density at radius 2 is 1.10 bits per heavy atom. The van der Waals surface area contributed by atoms with Crippen LogP contribution in [0.3, 0.4) is 0 Å². The van der Waals surface area contributed by atoms with E-state index in [0.29, 0.717) is 12.8 Å². The largest absolute Gasteiger partial charge is 0.356 e. The Hall–Kier alpha value is -1.62. The van der Waals surface area contributed by atoms with E-state index in [9.17, 15) is 9.59 Å². The lowest BCUT2D eigenvalue weighted by atomic mass is 10.2. The molecule has 0 aliphatic heterocycles. The van der Waals surface area contributed by atoms with Crippen molar-refractivity contribution in [3.8, 4) is 0 Å². The summed E-state index contributed by atoms with van der Waals surface area (Å²) in [4.78, 5) is 26.0. The first-order chi connectivity index (χ1) is 14.1. The summed E-state index contributed by atoms with van der Waals surface area (Å²) in [6.45, 7) is 10.9. The van der Waals surface area contributed by atoms with Gasteiger partial charge in [-0.05, 0) is 58.2 Å². The van der Waals surface area contributed by atoms with Crippen LogP contribution in [0.5, 0.6) is 0 Å². The fourth-order valence-electron chi connectivity index (χ4n) is 2.90. The average Bonchev–Trinajstić information content (AvgIpc) is 2.72. The molecule has 0 fully saturated rings. The van der Waals surface area contributed by atoms with Crippen molar-refractivity contribution in [2.75, 3.05) is 32.7 Å². The van der Waals surface area contributed by atoms with Crippen LogP contribution in [0.2, 0.25) is 0 Å². The Morgan fingerprint density at radius 1 is 0.690 bits per heavy atom. The number of carbonyl (C=O) groups is 2. The second kappa shape index (κ2) is 21.1. The van der Waals surface area contributed by atoms with Crippen LogP contribution in [-0.2, 0) is 9.59 Å². The summed E-state index contributed by atoms with van der Waals surface area (Å²) in [6.07, 6.45) is 17.7. The first-order valence-electron chi connectivity index (χ1n) is 11.7. The minimum atomic E-state index is 0.140. The van der Waals surface area contributed by atoms with Crippen LogP contribution in [0.15, 0.2) is 24.3 Å². The predicted octanol–water partition coefficient (Wildman–Crippen LogP) is 4.59. The number of amides is 2. The van der Waals surface area contributed by atoms with Crippen molar-refractivity contribution in [2.45, 2.75) is 85.0 Å². The fourth-order valence-corrected chi connectivity index (χ4v) is 2.90. The molecule has 0 aromatic heterocycles. The van der Waals surface area contributed by atoms with Crippen molar-refractivity contribution in [1.29, 1.82) is 0 Å². The standard InChI is InChI=1S/C24H45N3O2/c1-4-7-9-11-13-17-23(28)25-19-15-21-27(6-3)22-16-20-26-24(29)18-14-12-10-8-5-2/h9-12H,4-8,13-22H2,1-3H3,(H,25,28)(H,26,29)/b11-9+,12-10+. The Bertz CT molecular complexity index is 421. The number of hydrogen-bond acceptors (Lipinski definition) is 3. The van der Waals surface area contributed by atoms with E-state index in [1.807, 2.05) is 0 Å². The molecule has 0 heterocycles. The van der Waals surface area contributed by atoms with Crippen LogP contribution in [-0.4, -0.2) is 49.4 Å². The predicted molar refractivity (Wildman–Crippen MR) is 124 cm³/mol. The van der Waals surface area contributed by atoms with Crippen LogP contribution < -0.4 is 10.6 Å². The maximum absolute atomic E-state index is 11.8. The van der Waals surface area contributed by atoms with E-state index in [0.717, 1.165) is 84.1 Å². The quantitative estimate of drug-likeness (QED) is 0.243. The van der Waals surface area contributed by atoms with Gasteiger partial charge in [-0.1, -0.05) is 57.9 Å². The van der Waals surface area contributed by atoms with Gasteiger partial charge < -0.3 is 15.5 Å². The Balaban J connectivity index is 3.66. The molecular weight excluding hydrogens is 362 g/mol. The summed E-state index contributed by atoms with van der Waals surface area (Å²) < 4.78 is 0. The lowest BCUT2D eigenvalue weighted by Crippen LogP contribution is -2.32. The van der Waals surface area contributed by atoms with Gasteiger partial charge in [0.25, 0.3) is 0 Å². The number of hydrogen-bond donors (Lipinski definition) is 2. The molecule has 0 aliphatic carbocycles. The number of carbonyl (C=O) groups excluding carboxylic acids is 2. The Labute approximate surface area is 179 Å². The summed E-state index contributed by atoms with van der Waals surface area (Å²) in [5.74, 6) is 0.280. The lowest BCUT2D eigenvalue weighted by molar-refractivity contribution is -0.121. The van der Waals surface area contributed by atoms with Crippen LogP contribution in [0, 0.1) is 0 Å². The highest BCUT2D eigenvalue weighted by Crippen LogP contribution is 1.98. The molecule has 0 unspecified atom stereocenters. The minimum Gasteiger partial charge on any atom is -0.356 e. The number of nitrogens with one attached hydrogen (secondary N) is 2. The summed E-state index contributed by atoms with van der Waals surface area (Å²) >= 11 is 0. The van der Waals surface area contributed by atoms with Crippen LogP contribution in [0.4, 0.5) is 0 Å². The number of nitrogens with zero attached hydrogens (tertiary/aromatic N) is 1. The summed E-state index contributed by atoms with van der Waals surface area (Å²) in [5.41, 5.74) is 0. The first kappa shape index (κ1) is 27.4. The summed E-state index contributed by atoms with van der Waals surface area (Å²) in [6, 6.07) is 0. The van der Waals surface area contributed by atoms with Gasteiger partial charge in [-0.25, -0.2) is 0 Å². The van der Waals surface area contributed by atoms with Gasteiger partial charge in [0.05, 0.1) is 0 Å². The molecule has 0 atom stereocenters. The van der Waals surface area contributed by atoms with E-state index in [2.05, 4.69) is 60.6 Å². The molecular formula is C24H45N3O2. The van der Waals surface area contributed by atoms with Gasteiger partial charge in [-0.3, -0.25) is 9.59 Å². The van der Waals surface area contributed by atoms with Crippen molar-refractivity contribution in [3.63, 3.8) is 0 Å². The second-order valence-electron chi connectivity index (χ2n) is 7.44. The zero-order valence-corrected chi connectivity index (χ0v) is 19.2. The number of allylic oxidation sites excluding steroid dienone is 4. The molecule has 29 heavy (non-hydrogen) atoms. The third-order valence-corrected chi connectivity index (χ3v) is 4.71. The highest BCUT2D eigenvalue weighted by atomic mass is 16.2. The molecule has 0 saturated carbocycles. The molecule has 168 valence electrons. The maximum atomic E-state index is 11.8. The zero-order valence-electron chi connectivity index (χ0n) is 19.2. The van der Waals surface area contributed by atoms with Gasteiger partial charge in [0, 0.05) is 25.9 Å². The zero-order chi connectivity index (χ0) is 21.6. The third-order valence-electron chi connectivity index (χ3n) is 4.71. The minimum absolute atomic E-state index is 0.140. The van der Waals surface area contributed by atoms with Crippen LogP contribution >= 0.6 is 0 Å². The molecule has 0 saturated heterocycles. The van der Waals surface area contributed by atoms with Gasteiger partial charge in [-0.15, -0.1) is 0 Å². The highest BCUT2D eigenvalue weighted by Gasteiger charge is 2.04. The molecule has 0 aromatic rings. The Kier molecular flexibility index (Phi) is 19.9. The molecule has 0 rings (SSSR count). The van der Waals surface area contributed by atoms with Crippen LogP contribution in [0.25, 0.3) is 0 Å². The topological polar surface area (TPSA) is 61.4 Å². The first-order valence-corrected chi connectivity index (χ1v) is 11.7. The smallest absolute Gasteiger partial charge is 0.220 e. The SMILES string of the molecule is CCC/C=C/CCC(=O)NCCCN(CC)CCCNC(=O)CC/C=C/CCC. The summed E-state index contributed by atoms with van der Waals surface area (Å²) in [7, 11) is 0. The molecule has 0 spiro atoms. The van der Waals surface area contributed by atoms with E-state index < -0.39 is 0 Å². The van der Waals surface area contributed by atoms with E-state index in [1.165, 1.54) is 0 Å². The third kappa shape index (κ3) is 19.5. The van der Waals surface area contributed by atoms with Gasteiger partial charge in [-0.2, -0.15) is 0 Å².